The molecule has 2 heteroatoms. The Bertz CT molecular complexity index is 332. The average molecular weight is 291 g/mol. The van der Waals surface area contributed by atoms with Crippen LogP contribution in [0.1, 0.15) is 56.9 Å². The normalized spacial score (nSPS) is 10.8. The molecule has 0 amide bonds. The number of methoxy groups -OCH3 is 1. The first-order chi connectivity index (χ1) is 10.4. The SMILES string of the molecule is [CH2]CCCCCCOCCCCCc1ccc(OC)cc1. The standard InChI is InChI=1S/C19H31O2/c1-3-4-5-6-9-16-21-17-10-7-8-11-18-12-14-19(20-2)15-13-18/h12-15H,1,3-11,16-17H2,2H3. The number of unbranched alkanes of at least 4 members (excludes halogenated alkanes) is 6. The molecule has 0 atom stereocenters. The van der Waals surface area contributed by atoms with Gasteiger partial charge >= 0.3 is 0 Å². The van der Waals surface area contributed by atoms with Crippen molar-refractivity contribution in [2.75, 3.05) is 20.3 Å². The molecule has 0 aliphatic heterocycles. The van der Waals surface area contributed by atoms with E-state index in [4.69, 9.17) is 9.47 Å². The van der Waals surface area contributed by atoms with Crippen molar-refractivity contribution < 1.29 is 9.47 Å². The summed E-state index contributed by atoms with van der Waals surface area (Å²) in [4.78, 5) is 0. The van der Waals surface area contributed by atoms with Gasteiger partial charge in [-0.25, -0.2) is 0 Å². The second-order valence-corrected chi connectivity index (χ2v) is 5.54. The van der Waals surface area contributed by atoms with Crippen molar-refractivity contribution in [1.82, 2.24) is 0 Å². The molecule has 0 aliphatic rings. The second kappa shape index (κ2) is 12.7. The molecule has 21 heavy (non-hydrogen) atoms. The summed E-state index contributed by atoms with van der Waals surface area (Å²) in [5.74, 6) is 0.933. The summed E-state index contributed by atoms with van der Waals surface area (Å²) < 4.78 is 10.8. The fourth-order valence-corrected chi connectivity index (χ4v) is 2.34. The van der Waals surface area contributed by atoms with Crippen molar-refractivity contribution in [1.29, 1.82) is 0 Å². The summed E-state index contributed by atoms with van der Waals surface area (Å²) in [6, 6.07) is 8.38. The molecule has 0 heterocycles. The number of hydrogen-bond acceptors (Lipinski definition) is 2. The third-order valence-corrected chi connectivity index (χ3v) is 3.70. The first kappa shape index (κ1) is 18.0. The molecule has 119 valence electrons. The minimum absolute atomic E-state index is 0.915. The zero-order chi connectivity index (χ0) is 15.2. The van der Waals surface area contributed by atoms with Gasteiger partial charge in [-0.1, -0.05) is 51.2 Å². The largest absolute Gasteiger partial charge is 0.497 e. The Morgan fingerprint density at radius 3 is 2.05 bits per heavy atom. The van der Waals surface area contributed by atoms with Crippen molar-refractivity contribution in [3.05, 3.63) is 36.8 Å². The molecule has 1 radical (unpaired) electrons. The van der Waals surface area contributed by atoms with E-state index in [1.807, 2.05) is 12.1 Å². The molecule has 0 aliphatic carbocycles. The summed E-state index contributed by atoms with van der Waals surface area (Å²) in [6.45, 7) is 5.70. The lowest BCUT2D eigenvalue weighted by molar-refractivity contribution is 0.126. The maximum absolute atomic E-state index is 5.66. The zero-order valence-electron chi connectivity index (χ0n) is 13.6. The van der Waals surface area contributed by atoms with Crippen LogP contribution in [0, 0.1) is 6.92 Å². The van der Waals surface area contributed by atoms with Crippen molar-refractivity contribution >= 4 is 0 Å². The fourth-order valence-electron chi connectivity index (χ4n) is 2.34. The Balaban J connectivity index is 1.88. The fraction of sp³-hybridized carbons (Fsp3) is 0.632. The van der Waals surface area contributed by atoms with Crippen LogP contribution in [0.3, 0.4) is 0 Å². The van der Waals surface area contributed by atoms with Crippen LogP contribution in [0.5, 0.6) is 5.75 Å². The van der Waals surface area contributed by atoms with Gasteiger partial charge in [0.25, 0.3) is 0 Å². The molecule has 1 aromatic carbocycles. The third kappa shape index (κ3) is 9.52. The van der Waals surface area contributed by atoms with E-state index in [0.717, 1.165) is 31.8 Å². The van der Waals surface area contributed by atoms with Crippen LogP contribution >= 0.6 is 0 Å². The van der Waals surface area contributed by atoms with Crippen LogP contribution in [0.4, 0.5) is 0 Å². The van der Waals surface area contributed by atoms with Crippen LogP contribution in [-0.2, 0) is 11.2 Å². The van der Waals surface area contributed by atoms with E-state index in [2.05, 4.69) is 19.1 Å². The maximum Gasteiger partial charge on any atom is 0.118 e. The summed E-state index contributed by atoms with van der Waals surface area (Å²) in [7, 11) is 1.70. The molecule has 0 N–H and O–H groups in total. The molecule has 0 fully saturated rings. The van der Waals surface area contributed by atoms with Crippen LogP contribution < -0.4 is 4.74 Å². The third-order valence-electron chi connectivity index (χ3n) is 3.70. The van der Waals surface area contributed by atoms with E-state index < -0.39 is 0 Å². The van der Waals surface area contributed by atoms with Crippen molar-refractivity contribution in [2.45, 2.75) is 57.8 Å². The van der Waals surface area contributed by atoms with Gasteiger partial charge in [0.15, 0.2) is 0 Å². The Hall–Kier alpha value is -1.02. The minimum Gasteiger partial charge on any atom is -0.497 e. The molecule has 0 unspecified atom stereocenters. The Morgan fingerprint density at radius 2 is 1.43 bits per heavy atom. The maximum atomic E-state index is 5.66. The van der Waals surface area contributed by atoms with Crippen LogP contribution in [0.25, 0.3) is 0 Å². The lowest BCUT2D eigenvalue weighted by Crippen LogP contribution is -1.97. The number of hydrogen-bond donors (Lipinski definition) is 0. The monoisotopic (exact) mass is 291 g/mol. The Morgan fingerprint density at radius 1 is 0.810 bits per heavy atom. The first-order valence-electron chi connectivity index (χ1n) is 8.36. The van der Waals surface area contributed by atoms with E-state index in [1.165, 1.54) is 50.5 Å². The highest BCUT2D eigenvalue weighted by molar-refractivity contribution is 5.27. The quantitative estimate of drug-likeness (QED) is 0.464. The molecule has 2 nitrogen and oxygen atoms in total. The van der Waals surface area contributed by atoms with Crippen LogP contribution in [-0.4, -0.2) is 20.3 Å². The summed E-state index contributed by atoms with van der Waals surface area (Å²) in [6.07, 6.45) is 10.9. The molecule has 0 saturated carbocycles. The molecule has 0 bridgehead atoms. The molecular formula is C19H31O2. The van der Waals surface area contributed by atoms with E-state index in [9.17, 15) is 0 Å². The van der Waals surface area contributed by atoms with Crippen molar-refractivity contribution in [2.24, 2.45) is 0 Å². The zero-order valence-corrected chi connectivity index (χ0v) is 13.6. The van der Waals surface area contributed by atoms with Crippen molar-refractivity contribution in [3.8, 4) is 5.75 Å². The number of rotatable bonds is 13. The predicted octanol–water partition coefficient (Wildman–Crippen LogP) is 5.21. The highest BCUT2D eigenvalue weighted by Gasteiger charge is 1.96. The topological polar surface area (TPSA) is 18.5 Å². The van der Waals surface area contributed by atoms with Gasteiger partial charge in [0.05, 0.1) is 7.11 Å². The average Bonchev–Trinajstić information content (AvgIpc) is 2.53. The lowest BCUT2D eigenvalue weighted by Gasteiger charge is -2.05. The Kier molecular flexibility index (Phi) is 10.9. The van der Waals surface area contributed by atoms with Gasteiger partial charge in [0.1, 0.15) is 5.75 Å². The molecule has 0 saturated heterocycles. The van der Waals surface area contributed by atoms with Gasteiger partial charge in [-0.2, -0.15) is 0 Å². The molecular weight excluding hydrogens is 260 g/mol. The van der Waals surface area contributed by atoms with Gasteiger partial charge < -0.3 is 9.47 Å². The number of aryl methyl sites for hydroxylation is 1. The van der Waals surface area contributed by atoms with E-state index in [0.29, 0.717) is 0 Å². The number of ether oxygens (including phenoxy) is 2. The smallest absolute Gasteiger partial charge is 0.118 e. The van der Waals surface area contributed by atoms with Gasteiger partial charge in [-0.3, -0.25) is 0 Å². The summed E-state index contributed by atoms with van der Waals surface area (Å²) in [5, 5.41) is 0. The number of benzene rings is 1. The van der Waals surface area contributed by atoms with Crippen molar-refractivity contribution in [3.63, 3.8) is 0 Å². The molecule has 0 spiro atoms. The van der Waals surface area contributed by atoms with Gasteiger partial charge in [0, 0.05) is 13.2 Å². The van der Waals surface area contributed by atoms with Gasteiger partial charge in [-0.05, 0) is 43.4 Å². The van der Waals surface area contributed by atoms with E-state index in [1.54, 1.807) is 7.11 Å². The van der Waals surface area contributed by atoms with Gasteiger partial charge in [-0.15, -0.1) is 0 Å². The van der Waals surface area contributed by atoms with Gasteiger partial charge in [0.2, 0.25) is 0 Å². The van der Waals surface area contributed by atoms with E-state index in [-0.39, 0.29) is 0 Å². The highest BCUT2D eigenvalue weighted by Crippen LogP contribution is 2.13. The molecule has 0 aromatic heterocycles. The lowest BCUT2D eigenvalue weighted by atomic mass is 10.1. The molecule has 1 aromatic rings. The minimum atomic E-state index is 0.915. The molecule has 1 rings (SSSR count). The highest BCUT2D eigenvalue weighted by atomic mass is 16.5. The van der Waals surface area contributed by atoms with E-state index >= 15 is 0 Å². The summed E-state index contributed by atoms with van der Waals surface area (Å²) in [5.41, 5.74) is 1.39. The second-order valence-electron chi connectivity index (χ2n) is 5.54. The first-order valence-corrected chi connectivity index (χ1v) is 8.36. The Labute approximate surface area is 130 Å². The van der Waals surface area contributed by atoms with Crippen LogP contribution in [0.2, 0.25) is 0 Å². The predicted molar refractivity (Wildman–Crippen MR) is 89.8 cm³/mol. The summed E-state index contributed by atoms with van der Waals surface area (Å²) >= 11 is 0. The van der Waals surface area contributed by atoms with Crippen LogP contribution in [0.15, 0.2) is 24.3 Å².